The largest absolute Gasteiger partial charge is 0.493 e. The smallest absolute Gasteiger partial charge is 0.163 e. The molecule has 1 aromatic rings. The van der Waals surface area contributed by atoms with Crippen molar-refractivity contribution in [3.8, 4) is 11.5 Å². The highest BCUT2D eigenvalue weighted by Crippen LogP contribution is 2.53. The SMILES string of the molecule is COc1cc2c(cc1OCCCN1CC(F)C1)N=C(N)C21CCC1. The minimum atomic E-state index is -0.648. The van der Waals surface area contributed by atoms with Gasteiger partial charge in [0.05, 0.1) is 24.8 Å². The average molecular weight is 333 g/mol. The first-order valence-corrected chi connectivity index (χ1v) is 8.69. The van der Waals surface area contributed by atoms with E-state index in [-0.39, 0.29) is 5.41 Å². The number of halogens is 1. The van der Waals surface area contributed by atoms with Gasteiger partial charge in [0.2, 0.25) is 0 Å². The van der Waals surface area contributed by atoms with Crippen LogP contribution in [0.15, 0.2) is 17.1 Å². The lowest BCUT2D eigenvalue weighted by molar-refractivity contribution is 0.0611. The molecule has 0 amide bonds. The van der Waals surface area contributed by atoms with Gasteiger partial charge in [0.25, 0.3) is 0 Å². The van der Waals surface area contributed by atoms with Crippen molar-refractivity contribution in [3.05, 3.63) is 17.7 Å². The molecule has 24 heavy (non-hydrogen) atoms. The standard InChI is InChI=1S/C18H24FN3O2/c1-23-15-8-13-14(21-17(20)18(13)4-2-5-18)9-16(15)24-7-3-6-22-10-12(19)11-22/h8-9,12H,2-7,10-11H2,1H3,(H2,20,21). The summed E-state index contributed by atoms with van der Waals surface area (Å²) < 4.78 is 24.2. The van der Waals surface area contributed by atoms with Crippen LogP contribution in [0, 0.1) is 0 Å². The summed E-state index contributed by atoms with van der Waals surface area (Å²) in [6.07, 6.45) is 3.52. The lowest BCUT2D eigenvalue weighted by Gasteiger charge is -2.39. The molecule has 1 spiro atoms. The molecule has 5 nitrogen and oxygen atoms in total. The number of hydrogen-bond acceptors (Lipinski definition) is 5. The van der Waals surface area contributed by atoms with Crippen LogP contribution in [-0.4, -0.2) is 50.3 Å². The molecule has 2 N–H and O–H groups in total. The number of nitrogens with zero attached hydrogens (tertiary/aromatic N) is 2. The van der Waals surface area contributed by atoms with Gasteiger partial charge in [0.1, 0.15) is 12.0 Å². The van der Waals surface area contributed by atoms with E-state index >= 15 is 0 Å². The Bertz CT molecular complexity index is 666. The second-order valence-electron chi connectivity index (χ2n) is 7.01. The van der Waals surface area contributed by atoms with E-state index in [1.165, 1.54) is 12.0 Å². The van der Waals surface area contributed by atoms with Gasteiger partial charge >= 0.3 is 0 Å². The van der Waals surface area contributed by atoms with E-state index in [1.807, 2.05) is 12.1 Å². The molecule has 0 unspecified atom stereocenters. The normalized spacial score (nSPS) is 21.8. The van der Waals surface area contributed by atoms with E-state index < -0.39 is 6.17 Å². The van der Waals surface area contributed by atoms with Crippen LogP contribution in [0.3, 0.4) is 0 Å². The Balaban J connectivity index is 1.43. The zero-order valence-electron chi connectivity index (χ0n) is 14.1. The third-order valence-corrected chi connectivity index (χ3v) is 5.52. The maximum absolute atomic E-state index is 12.8. The highest BCUT2D eigenvalue weighted by atomic mass is 19.1. The number of nitrogens with two attached hydrogens (primary N) is 1. The van der Waals surface area contributed by atoms with Gasteiger partial charge in [0, 0.05) is 25.7 Å². The van der Waals surface area contributed by atoms with Crippen LogP contribution in [0.1, 0.15) is 31.2 Å². The molecule has 0 radical (unpaired) electrons. The van der Waals surface area contributed by atoms with Crippen molar-refractivity contribution in [1.82, 2.24) is 4.90 Å². The molecule has 4 rings (SSSR count). The van der Waals surface area contributed by atoms with Crippen LogP contribution in [0.2, 0.25) is 0 Å². The summed E-state index contributed by atoms with van der Waals surface area (Å²) in [4.78, 5) is 6.66. The molecule has 3 aliphatic rings. The Morgan fingerprint density at radius 1 is 1.33 bits per heavy atom. The fourth-order valence-electron chi connectivity index (χ4n) is 3.89. The maximum Gasteiger partial charge on any atom is 0.163 e. The molecule has 6 heteroatoms. The molecule has 1 aliphatic carbocycles. The highest BCUT2D eigenvalue weighted by Gasteiger charge is 2.47. The van der Waals surface area contributed by atoms with Crippen LogP contribution >= 0.6 is 0 Å². The lowest BCUT2D eigenvalue weighted by Crippen LogP contribution is -2.48. The van der Waals surface area contributed by atoms with Gasteiger partial charge in [-0.05, 0) is 30.9 Å². The van der Waals surface area contributed by atoms with Crippen molar-refractivity contribution in [2.45, 2.75) is 37.3 Å². The predicted molar refractivity (Wildman–Crippen MR) is 91.3 cm³/mol. The summed E-state index contributed by atoms with van der Waals surface area (Å²) in [5, 5.41) is 0. The second-order valence-corrected chi connectivity index (χ2v) is 7.01. The van der Waals surface area contributed by atoms with Gasteiger partial charge in [-0.3, -0.25) is 4.90 Å². The molecule has 1 aromatic carbocycles. The first-order valence-electron chi connectivity index (χ1n) is 8.69. The van der Waals surface area contributed by atoms with Gasteiger partial charge in [-0.1, -0.05) is 6.42 Å². The fourth-order valence-corrected chi connectivity index (χ4v) is 3.89. The Morgan fingerprint density at radius 3 is 2.75 bits per heavy atom. The minimum absolute atomic E-state index is 0.0679. The number of hydrogen-bond donors (Lipinski definition) is 1. The Labute approximate surface area is 141 Å². The number of fused-ring (bicyclic) bond motifs is 2. The summed E-state index contributed by atoms with van der Waals surface area (Å²) >= 11 is 0. The van der Waals surface area contributed by atoms with E-state index in [4.69, 9.17) is 15.2 Å². The van der Waals surface area contributed by atoms with E-state index in [9.17, 15) is 4.39 Å². The molecule has 0 bridgehead atoms. The molecule has 0 aromatic heterocycles. The average Bonchev–Trinajstić information content (AvgIpc) is 2.79. The summed E-state index contributed by atoms with van der Waals surface area (Å²) in [5.74, 6) is 2.16. The van der Waals surface area contributed by atoms with Gasteiger partial charge in [-0.2, -0.15) is 0 Å². The minimum Gasteiger partial charge on any atom is -0.493 e. The molecule has 1 saturated carbocycles. The summed E-state index contributed by atoms with van der Waals surface area (Å²) in [5.41, 5.74) is 8.20. The monoisotopic (exact) mass is 333 g/mol. The molecule has 130 valence electrons. The van der Waals surface area contributed by atoms with Crippen LogP contribution in [0.4, 0.5) is 10.1 Å². The lowest BCUT2D eigenvalue weighted by atomic mass is 9.64. The van der Waals surface area contributed by atoms with Crippen LogP contribution < -0.4 is 15.2 Å². The van der Waals surface area contributed by atoms with Gasteiger partial charge < -0.3 is 15.2 Å². The fraction of sp³-hybridized carbons (Fsp3) is 0.611. The Kier molecular flexibility index (Phi) is 3.87. The Morgan fingerprint density at radius 2 is 2.12 bits per heavy atom. The van der Waals surface area contributed by atoms with Crippen molar-refractivity contribution in [1.29, 1.82) is 0 Å². The number of amidine groups is 1. The zero-order chi connectivity index (χ0) is 16.7. The summed E-state index contributed by atoms with van der Waals surface area (Å²) in [7, 11) is 1.66. The number of rotatable bonds is 6. The molecule has 2 aliphatic heterocycles. The second kappa shape index (κ2) is 5.92. The number of alkyl halides is 1. The predicted octanol–water partition coefficient (Wildman–Crippen LogP) is 2.54. The topological polar surface area (TPSA) is 60.1 Å². The number of methoxy groups -OCH3 is 1. The van der Waals surface area contributed by atoms with Crippen molar-refractivity contribution >= 4 is 11.5 Å². The number of likely N-dealkylation sites (tertiary alicyclic amines) is 1. The number of ether oxygens (including phenoxy) is 2. The summed E-state index contributed by atoms with van der Waals surface area (Å²) in [6.45, 7) is 2.55. The van der Waals surface area contributed by atoms with E-state index in [1.54, 1.807) is 7.11 Å². The quantitative estimate of drug-likeness (QED) is 0.813. The van der Waals surface area contributed by atoms with Crippen molar-refractivity contribution in [2.75, 3.05) is 33.4 Å². The molecule has 2 fully saturated rings. The highest BCUT2D eigenvalue weighted by molar-refractivity contribution is 6.00. The van der Waals surface area contributed by atoms with Crippen LogP contribution in [0.25, 0.3) is 0 Å². The number of aliphatic imine (C=N–C) groups is 1. The van der Waals surface area contributed by atoms with Crippen molar-refractivity contribution in [2.24, 2.45) is 10.7 Å². The molecule has 2 heterocycles. The van der Waals surface area contributed by atoms with Gasteiger partial charge in [-0.15, -0.1) is 0 Å². The van der Waals surface area contributed by atoms with Gasteiger partial charge in [-0.25, -0.2) is 9.38 Å². The number of benzene rings is 1. The van der Waals surface area contributed by atoms with Crippen LogP contribution in [0.5, 0.6) is 11.5 Å². The zero-order valence-corrected chi connectivity index (χ0v) is 14.1. The Hall–Kier alpha value is -1.82. The third kappa shape index (κ3) is 2.44. The first-order chi connectivity index (χ1) is 11.6. The molecular weight excluding hydrogens is 309 g/mol. The maximum atomic E-state index is 12.8. The molecule has 1 saturated heterocycles. The van der Waals surface area contributed by atoms with E-state index in [0.29, 0.717) is 25.4 Å². The molecular formula is C18H24FN3O2. The first kappa shape index (κ1) is 15.7. The van der Waals surface area contributed by atoms with Crippen molar-refractivity contribution < 1.29 is 13.9 Å². The van der Waals surface area contributed by atoms with E-state index in [2.05, 4.69) is 9.89 Å². The van der Waals surface area contributed by atoms with E-state index in [0.717, 1.165) is 43.1 Å². The van der Waals surface area contributed by atoms with Crippen LogP contribution in [-0.2, 0) is 5.41 Å². The van der Waals surface area contributed by atoms with Gasteiger partial charge in [0.15, 0.2) is 11.5 Å². The summed E-state index contributed by atoms with van der Waals surface area (Å²) in [6, 6.07) is 3.98. The third-order valence-electron chi connectivity index (χ3n) is 5.52. The molecule has 0 atom stereocenters. The van der Waals surface area contributed by atoms with Crippen molar-refractivity contribution in [3.63, 3.8) is 0 Å².